The number of pyridine rings is 1. The molecule has 126 valence electrons. The third-order valence-corrected chi connectivity index (χ3v) is 4.72. The molecular weight excluding hydrogens is 344 g/mol. The third-order valence-electron chi connectivity index (χ3n) is 4.41. The number of amides is 2. The summed E-state index contributed by atoms with van der Waals surface area (Å²) in [4.78, 5) is 27.5. The second kappa shape index (κ2) is 5.90. The van der Waals surface area contributed by atoms with E-state index in [9.17, 15) is 9.59 Å². The SMILES string of the molecule is N#CC1CC1C(=O)Nc1cc2cc(C3CNC(=O)O3)cc(Cl)c2cn1. The Kier molecular flexibility index (Phi) is 3.70. The topological polar surface area (TPSA) is 104 Å². The highest BCUT2D eigenvalue weighted by Gasteiger charge is 2.43. The van der Waals surface area contributed by atoms with Gasteiger partial charge < -0.3 is 15.4 Å². The zero-order valence-electron chi connectivity index (χ0n) is 13.0. The van der Waals surface area contributed by atoms with Gasteiger partial charge in [0.15, 0.2) is 0 Å². The van der Waals surface area contributed by atoms with E-state index in [1.807, 2.05) is 6.07 Å². The van der Waals surface area contributed by atoms with Crippen molar-refractivity contribution in [2.75, 3.05) is 11.9 Å². The fourth-order valence-corrected chi connectivity index (χ4v) is 3.19. The summed E-state index contributed by atoms with van der Waals surface area (Å²) in [6, 6.07) is 7.41. The van der Waals surface area contributed by atoms with Crippen LogP contribution in [0.2, 0.25) is 5.02 Å². The Bertz CT molecular complexity index is 939. The van der Waals surface area contributed by atoms with Gasteiger partial charge in [-0.1, -0.05) is 11.6 Å². The fourth-order valence-electron chi connectivity index (χ4n) is 2.91. The largest absolute Gasteiger partial charge is 0.439 e. The van der Waals surface area contributed by atoms with Crippen molar-refractivity contribution >= 4 is 40.2 Å². The van der Waals surface area contributed by atoms with E-state index in [2.05, 4.69) is 21.7 Å². The van der Waals surface area contributed by atoms with Crippen molar-refractivity contribution in [1.82, 2.24) is 10.3 Å². The number of anilines is 1. The Morgan fingerprint density at radius 2 is 2.28 bits per heavy atom. The van der Waals surface area contributed by atoms with E-state index in [1.54, 1.807) is 18.3 Å². The van der Waals surface area contributed by atoms with E-state index in [-0.39, 0.29) is 17.7 Å². The predicted molar refractivity (Wildman–Crippen MR) is 89.8 cm³/mol. The van der Waals surface area contributed by atoms with Crippen molar-refractivity contribution in [3.63, 3.8) is 0 Å². The van der Waals surface area contributed by atoms with Crippen LogP contribution < -0.4 is 10.6 Å². The molecule has 8 heteroatoms. The monoisotopic (exact) mass is 356 g/mol. The summed E-state index contributed by atoms with van der Waals surface area (Å²) in [6.07, 6.45) is 1.32. The Morgan fingerprint density at radius 3 is 2.96 bits per heavy atom. The van der Waals surface area contributed by atoms with Gasteiger partial charge in [-0.15, -0.1) is 0 Å². The highest BCUT2D eigenvalue weighted by molar-refractivity contribution is 6.35. The van der Waals surface area contributed by atoms with Crippen LogP contribution in [0.25, 0.3) is 10.8 Å². The average molecular weight is 357 g/mol. The van der Waals surface area contributed by atoms with Crippen LogP contribution in [0.5, 0.6) is 0 Å². The molecule has 0 radical (unpaired) electrons. The van der Waals surface area contributed by atoms with Crippen LogP contribution in [-0.2, 0) is 9.53 Å². The van der Waals surface area contributed by atoms with Gasteiger partial charge in [0.05, 0.1) is 29.5 Å². The van der Waals surface area contributed by atoms with Gasteiger partial charge in [0.1, 0.15) is 11.9 Å². The molecule has 1 saturated carbocycles. The summed E-state index contributed by atoms with van der Waals surface area (Å²) in [6.45, 7) is 0.382. The normalized spacial score (nSPS) is 24.3. The van der Waals surface area contributed by atoms with Gasteiger partial charge in [0, 0.05) is 11.6 Å². The Balaban J connectivity index is 1.61. The number of aromatic nitrogens is 1. The number of hydrogen-bond acceptors (Lipinski definition) is 5. The number of rotatable bonds is 3. The lowest BCUT2D eigenvalue weighted by Gasteiger charge is -2.11. The van der Waals surface area contributed by atoms with Crippen LogP contribution in [0.3, 0.4) is 0 Å². The summed E-state index contributed by atoms with van der Waals surface area (Å²) in [5.74, 6) is -0.266. The van der Waals surface area contributed by atoms with Gasteiger partial charge in [-0.05, 0) is 35.6 Å². The standard InChI is InChI=1S/C17H13ClN4O3/c18-13-3-9(14-7-21-17(24)25-14)1-8-4-15(20-6-12(8)13)22-16(23)11-2-10(11)5-19/h1,3-4,6,10-11,14H,2,7H2,(H,21,24)(H,20,22,23). The molecule has 1 aromatic heterocycles. The highest BCUT2D eigenvalue weighted by atomic mass is 35.5. The smallest absolute Gasteiger partial charge is 0.407 e. The Morgan fingerprint density at radius 1 is 1.44 bits per heavy atom. The first-order valence-corrected chi connectivity index (χ1v) is 8.17. The quantitative estimate of drug-likeness (QED) is 0.879. The van der Waals surface area contributed by atoms with E-state index in [0.717, 1.165) is 16.3 Å². The molecule has 1 aliphatic heterocycles. The van der Waals surface area contributed by atoms with Gasteiger partial charge in [-0.3, -0.25) is 4.79 Å². The highest BCUT2D eigenvalue weighted by Crippen LogP contribution is 2.38. The van der Waals surface area contributed by atoms with E-state index >= 15 is 0 Å². The van der Waals surface area contributed by atoms with Crippen LogP contribution in [0.4, 0.5) is 10.6 Å². The molecule has 2 amide bonds. The summed E-state index contributed by atoms with van der Waals surface area (Å²) in [5.41, 5.74) is 0.770. The van der Waals surface area contributed by atoms with Crippen molar-refractivity contribution in [3.8, 4) is 6.07 Å². The molecule has 2 aromatic rings. The zero-order chi connectivity index (χ0) is 17.6. The number of nitriles is 1. The minimum Gasteiger partial charge on any atom is -0.439 e. The number of fused-ring (bicyclic) bond motifs is 1. The number of benzene rings is 1. The lowest BCUT2D eigenvalue weighted by atomic mass is 10.0. The van der Waals surface area contributed by atoms with E-state index in [0.29, 0.717) is 23.8 Å². The van der Waals surface area contributed by atoms with E-state index in [4.69, 9.17) is 21.6 Å². The maximum absolute atomic E-state index is 12.1. The second-order valence-electron chi connectivity index (χ2n) is 6.14. The first kappa shape index (κ1) is 15.7. The number of nitrogens with one attached hydrogen (secondary N) is 2. The molecule has 1 aromatic carbocycles. The lowest BCUT2D eigenvalue weighted by molar-refractivity contribution is -0.117. The predicted octanol–water partition coefficient (Wildman–Crippen LogP) is 2.77. The van der Waals surface area contributed by atoms with Gasteiger partial charge in [0.25, 0.3) is 0 Å². The maximum atomic E-state index is 12.1. The molecule has 4 rings (SSSR count). The summed E-state index contributed by atoms with van der Waals surface area (Å²) in [5, 5.41) is 16.2. The number of alkyl carbamates (subject to hydrolysis) is 1. The van der Waals surface area contributed by atoms with Crippen molar-refractivity contribution in [1.29, 1.82) is 5.26 Å². The third kappa shape index (κ3) is 2.96. The first-order chi connectivity index (χ1) is 12.0. The second-order valence-corrected chi connectivity index (χ2v) is 6.54. The molecule has 1 aliphatic carbocycles. The molecule has 2 aliphatic rings. The molecule has 0 spiro atoms. The molecule has 2 heterocycles. The zero-order valence-corrected chi connectivity index (χ0v) is 13.7. The molecular formula is C17H13ClN4O3. The summed E-state index contributed by atoms with van der Waals surface area (Å²) < 4.78 is 5.19. The number of hydrogen-bond donors (Lipinski definition) is 2. The summed E-state index contributed by atoms with van der Waals surface area (Å²) >= 11 is 6.31. The van der Waals surface area contributed by atoms with Crippen molar-refractivity contribution < 1.29 is 14.3 Å². The van der Waals surface area contributed by atoms with Crippen molar-refractivity contribution in [2.45, 2.75) is 12.5 Å². The van der Waals surface area contributed by atoms with Crippen LogP contribution in [0.1, 0.15) is 18.1 Å². The molecule has 2 fully saturated rings. The number of nitrogens with zero attached hydrogens (tertiary/aromatic N) is 2. The molecule has 0 bridgehead atoms. The molecule has 7 nitrogen and oxygen atoms in total. The van der Waals surface area contributed by atoms with E-state index in [1.165, 1.54) is 0 Å². The number of ether oxygens (including phenoxy) is 1. The number of carbonyl (C=O) groups excluding carboxylic acids is 2. The molecule has 3 atom stereocenters. The van der Waals surface area contributed by atoms with Gasteiger partial charge in [0.2, 0.25) is 5.91 Å². The minimum absolute atomic E-state index is 0.199. The van der Waals surface area contributed by atoms with Crippen LogP contribution in [0, 0.1) is 23.2 Å². The van der Waals surface area contributed by atoms with Crippen LogP contribution in [0.15, 0.2) is 24.4 Å². The molecule has 1 saturated heterocycles. The molecule has 3 unspecified atom stereocenters. The minimum atomic E-state index is -0.458. The van der Waals surface area contributed by atoms with Crippen LogP contribution >= 0.6 is 11.6 Å². The lowest BCUT2D eigenvalue weighted by Crippen LogP contribution is -2.15. The number of carbonyl (C=O) groups is 2. The fraction of sp³-hybridized carbons (Fsp3) is 0.294. The van der Waals surface area contributed by atoms with Gasteiger partial charge in [-0.2, -0.15) is 5.26 Å². The van der Waals surface area contributed by atoms with E-state index < -0.39 is 12.2 Å². The summed E-state index contributed by atoms with van der Waals surface area (Å²) in [7, 11) is 0. The number of cyclic esters (lactones) is 1. The van der Waals surface area contributed by atoms with Crippen LogP contribution in [-0.4, -0.2) is 23.5 Å². The average Bonchev–Trinajstić information content (AvgIpc) is 3.27. The van der Waals surface area contributed by atoms with Gasteiger partial charge in [-0.25, -0.2) is 9.78 Å². The van der Waals surface area contributed by atoms with Crippen molar-refractivity contribution in [2.24, 2.45) is 11.8 Å². The molecule has 25 heavy (non-hydrogen) atoms. The first-order valence-electron chi connectivity index (χ1n) is 7.79. The Labute approximate surface area is 147 Å². The molecule has 2 N–H and O–H groups in total. The maximum Gasteiger partial charge on any atom is 0.407 e. The number of halogens is 1. The van der Waals surface area contributed by atoms with Crippen molar-refractivity contribution in [3.05, 3.63) is 35.0 Å². The Hall–Kier alpha value is -2.85. The van der Waals surface area contributed by atoms with Gasteiger partial charge >= 0.3 is 6.09 Å².